The van der Waals surface area contributed by atoms with Crippen LogP contribution in [0.25, 0.3) is 0 Å². The van der Waals surface area contributed by atoms with Crippen LogP contribution >= 0.6 is 50.5 Å². The molecule has 1 aromatic carbocycles. The molecule has 2 aliphatic rings. The Morgan fingerprint density at radius 3 is 2.68 bits per heavy atom. The Morgan fingerprint density at radius 1 is 1.21 bits per heavy atom. The van der Waals surface area contributed by atoms with Crippen LogP contribution in [-0.2, 0) is 4.79 Å². The maximum absolute atomic E-state index is 12.8. The van der Waals surface area contributed by atoms with E-state index in [2.05, 4.69) is 32.5 Å². The van der Waals surface area contributed by atoms with E-state index in [0.29, 0.717) is 22.2 Å². The SMILES string of the molecule is O=C(NN1CCCCC1)C1=NN(c2ccc(Cl)cc2Cl)C(c2cc(Br)cs2)C1. The van der Waals surface area contributed by atoms with Gasteiger partial charge in [-0.05, 0) is 53.0 Å². The van der Waals surface area contributed by atoms with E-state index >= 15 is 0 Å². The highest BCUT2D eigenvalue weighted by molar-refractivity contribution is 9.10. The lowest BCUT2D eigenvalue weighted by Gasteiger charge is -2.26. The van der Waals surface area contributed by atoms with E-state index in [4.69, 9.17) is 23.2 Å². The van der Waals surface area contributed by atoms with E-state index in [1.54, 1.807) is 23.5 Å². The van der Waals surface area contributed by atoms with Gasteiger partial charge >= 0.3 is 0 Å². The summed E-state index contributed by atoms with van der Waals surface area (Å²) in [7, 11) is 0. The van der Waals surface area contributed by atoms with Crippen molar-refractivity contribution in [3.8, 4) is 0 Å². The Bertz CT molecular complexity index is 913. The van der Waals surface area contributed by atoms with Gasteiger partial charge in [-0.2, -0.15) is 5.10 Å². The number of carbonyl (C=O) groups is 1. The van der Waals surface area contributed by atoms with Gasteiger partial charge in [-0.1, -0.05) is 29.6 Å². The predicted molar refractivity (Wildman–Crippen MR) is 119 cm³/mol. The molecule has 148 valence electrons. The highest BCUT2D eigenvalue weighted by atomic mass is 79.9. The summed E-state index contributed by atoms with van der Waals surface area (Å²) >= 11 is 17.6. The fourth-order valence-electron chi connectivity index (χ4n) is 3.48. The van der Waals surface area contributed by atoms with Crippen LogP contribution < -0.4 is 10.4 Å². The number of hydrogen-bond donors (Lipinski definition) is 1. The summed E-state index contributed by atoms with van der Waals surface area (Å²) < 4.78 is 1.01. The second-order valence-corrected chi connectivity index (χ2v) is 9.56. The number of rotatable bonds is 4. The normalized spacial score (nSPS) is 20.3. The number of nitrogens with zero attached hydrogens (tertiary/aromatic N) is 3. The molecular formula is C19H19BrCl2N4OS. The number of piperidine rings is 1. The fraction of sp³-hybridized carbons (Fsp3) is 0.368. The number of hydrazone groups is 1. The quantitative estimate of drug-likeness (QED) is 0.589. The zero-order chi connectivity index (χ0) is 19.7. The molecule has 2 aliphatic heterocycles. The molecule has 1 aromatic heterocycles. The maximum Gasteiger partial charge on any atom is 0.281 e. The van der Waals surface area contributed by atoms with Gasteiger partial charge in [0.05, 0.1) is 16.8 Å². The van der Waals surface area contributed by atoms with Crippen molar-refractivity contribution in [2.75, 3.05) is 18.1 Å². The first-order chi connectivity index (χ1) is 13.5. The number of anilines is 1. The Hall–Kier alpha value is -1.12. The third kappa shape index (κ3) is 4.39. The molecule has 0 saturated carbocycles. The molecule has 0 radical (unpaired) electrons. The lowest BCUT2D eigenvalue weighted by molar-refractivity contribution is -0.119. The van der Waals surface area contributed by atoms with Crippen LogP contribution in [0.4, 0.5) is 5.69 Å². The van der Waals surface area contributed by atoms with E-state index in [0.717, 1.165) is 41.0 Å². The van der Waals surface area contributed by atoms with Crippen molar-refractivity contribution in [2.24, 2.45) is 5.10 Å². The van der Waals surface area contributed by atoms with E-state index < -0.39 is 0 Å². The molecule has 5 nitrogen and oxygen atoms in total. The van der Waals surface area contributed by atoms with Crippen LogP contribution in [0.1, 0.15) is 36.6 Å². The molecule has 0 bridgehead atoms. The smallest absolute Gasteiger partial charge is 0.281 e. The number of thiophene rings is 1. The average Bonchev–Trinajstić information content (AvgIpc) is 3.29. The molecule has 1 amide bonds. The van der Waals surface area contributed by atoms with Crippen LogP contribution in [0, 0.1) is 0 Å². The summed E-state index contributed by atoms with van der Waals surface area (Å²) in [6, 6.07) is 7.30. The van der Waals surface area contributed by atoms with Gasteiger partial charge in [0.1, 0.15) is 5.71 Å². The third-order valence-electron chi connectivity index (χ3n) is 4.86. The van der Waals surface area contributed by atoms with Crippen LogP contribution in [0.3, 0.4) is 0 Å². The molecule has 1 unspecified atom stereocenters. The lowest BCUT2D eigenvalue weighted by atomic mass is 10.1. The van der Waals surface area contributed by atoms with E-state index in [-0.39, 0.29) is 11.9 Å². The summed E-state index contributed by atoms with van der Waals surface area (Å²) in [5.74, 6) is -0.143. The van der Waals surface area contributed by atoms with E-state index in [1.165, 1.54) is 6.42 Å². The van der Waals surface area contributed by atoms with Crippen molar-refractivity contribution in [2.45, 2.75) is 31.7 Å². The topological polar surface area (TPSA) is 47.9 Å². The minimum Gasteiger partial charge on any atom is -0.284 e. The highest BCUT2D eigenvalue weighted by Crippen LogP contribution is 2.42. The monoisotopic (exact) mass is 500 g/mol. The number of nitrogens with one attached hydrogen (secondary N) is 1. The number of hydrazine groups is 1. The third-order valence-corrected chi connectivity index (χ3v) is 7.19. The Kier molecular flexibility index (Phi) is 6.27. The first kappa shape index (κ1) is 20.2. The Labute approximate surface area is 186 Å². The second-order valence-electron chi connectivity index (χ2n) is 6.86. The molecule has 1 saturated heterocycles. The molecule has 2 aromatic rings. The second kappa shape index (κ2) is 8.71. The van der Waals surface area contributed by atoms with Crippen molar-refractivity contribution < 1.29 is 4.79 Å². The van der Waals surface area contributed by atoms with Gasteiger partial charge in [-0.3, -0.25) is 15.2 Å². The molecule has 0 spiro atoms. The number of carbonyl (C=O) groups excluding carboxylic acids is 1. The number of hydrogen-bond acceptors (Lipinski definition) is 5. The number of amides is 1. The van der Waals surface area contributed by atoms with Crippen molar-refractivity contribution in [3.05, 3.63) is 49.0 Å². The molecule has 3 heterocycles. The highest BCUT2D eigenvalue weighted by Gasteiger charge is 2.34. The minimum atomic E-state index is -0.143. The van der Waals surface area contributed by atoms with Gasteiger partial charge < -0.3 is 0 Å². The van der Waals surface area contributed by atoms with Crippen molar-refractivity contribution in [1.29, 1.82) is 0 Å². The summed E-state index contributed by atoms with van der Waals surface area (Å²) in [4.78, 5) is 14.0. The maximum atomic E-state index is 12.8. The Morgan fingerprint density at radius 2 is 2.00 bits per heavy atom. The van der Waals surface area contributed by atoms with Crippen LogP contribution in [0.5, 0.6) is 0 Å². The first-order valence-corrected chi connectivity index (χ1v) is 11.6. The van der Waals surface area contributed by atoms with E-state index in [9.17, 15) is 4.79 Å². The largest absolute Gasteiger partial charge is 0.284 e. The number of benzene rings is 1. The van der Waals surface area contributed by atoms with Gasteiger partial charge in [0.2, 0.25) is 0 Å². The van der Waals surface area contributed by atoms with Gasteiger partial charge in [-0.25, -0.2) is 5.01 Å². The number of halogens is 3. The zero-order valence-corrected chi connectivity index (χ0v) is 18.9. The molecular weight excluding hydrogens is 483 g/mol. The standard InChI is InChI=1S/C19H19BrCl2N4OS/c20-12-8-18(28-11-12)17-10-15(19(27)24-25-6-2-1-3-7-25)23-26(17)16-5-4-13(21)9-14(16)22/h4-5,8-9,11,17H,1-3,6-7,10H2,(H,24,27). The minimum absolute atomic E-state index is 0.0860. The zero-order valence-electron chi connectivity index (χ0n) is 15.0. The molecule has 9 heteroatoms. The summed E-state index contributed by atoms with van der Waals surface area (Å²) in [5, 5.41) is 11.6. The van der Waals surface area contributed by atoms with Crippen molar-refractivity contribution in [3.63, 3.8) is 0 Å². The average molecular weight is 502 g/mol. The van der Waals surface area contributed by atoms with Crippen molar-refractivity contribution in [1.82, 2.24) is 10.4 Å². The molecule has 1 N–H and O–H groups in total. The van der Waals surface area contributed by atoms with Gasteiger partial charge in [0, 0.05) is 39.3 Å². The Balaban J connectivity index is 1.61. The fourth-order valence-corrected chi connectivity index (χ4v) is 5.50. The molecule has 4 rings (SSSR count). The molecule has 0 aliphatic carbocycles. The van der Waals surface area contributed by atoms with Crippen molar-refractivity contribution >= 4 is 67.8 Å². The van der Waals surface area contributed by atoms with Gasteiger partial charge in [0.25, 0.3) is 5.91 Å². The molecule has 28 heavy (non-hydrogen) atoms. The first-order valence-electron chi connectivity index (χ1n) is 9.13. The van der Waals surface area contributed by atoms with Crippen LogP contribution in [0.2, 0.25) is 10.0 Å². The van der Waals surface area contributed by atoms with Gasteiger partial charge in [-0.15, -0.1) is 11.3 Å². The summed E-state index contributed by atoms with van der Waals surface area (Å²) in [6.45, 7) is 1.76. The lowest BCUT2D eigenvalue weighted by Crippen LogP contribution is -2.47. The van der Waals surface area contributed by atoms with Crippen LogP contribution in [0.15, 0.2) is 39.2 Å². The van der Waals surface area contributed by atoms with Crippen LogP contribution in [-0.4, -0.2) is 29.7 Å². The summed E-state index contributed by atoms with van der Waals surface area (Å²) in [5.41, 5.74) is 4.25. The van der Waals surface area contributed by atoms with Gasteiger partial charge in [0.15, 0.2) is 0 Å². The summed E-state index contributed by atoms with van der Waals surface area (Å²) in [6.07, 6.45) is 3.94. The predicted octanol–water partition coefficient (Wildman–Crippen LogP) is 5.64. The van der Waals surface area contributed by atoms with E-state index in [1.807, 2.05) is 21.5 Å². The molecule has 1 atom stereocenters. The molecule has 1 fully saturated rings.